The first-order valence-corrected chi connectivity index (χ1v) is 6.43. The molecule has 1 rings (SSSR count). The normalized spacial score (nSPS) is 12.4. The van der Waals surface area contributed by atoms with Gasteiger partial charge in [-0.15, -0.1) is 0 Å². The Morgan fingerprint density at radius 2 is 1.80 bits per heavy atom. The van der Waals surface area contributed by atoms with Gasteiger partial charge in [-0.2, -0.15) is 0 Å². The summed E-state index contributed by atoms with van der Waals surface area (Å²) in [4.78, 5) is 23.3. The lowest BCUT2D eigenvalue weighted by molar-refractivity contribution is -0.155. The van der Waals surface area contributed by atoms with Crippen molar-refractivity contribution >= 4 is 12.1 Å². The van der Waals surface area contributed by atoms with Gasteiger partial charge in [-0.25, -0.2) is 4.79 Å². The Balaban J connectivity index is 2.78. The number of methoxy groups -OCH3 is 1. The van der Waals surface area contributed by atoms with Crippen LogP contribution in [0.25, 0.3) is 0 Å². The number of carbonyl (C=O) groups is 2. The van der Waals surface area contributed by atoms with Crippen LogP contribution in [0.2, 0.25) is 0 Å². The molecule has 110 valence electrons. The number of hydrogen-bond acceptors (Lipinski definition) is 4. The third kappa shape index (κ3) is 5.73. The fraction of sp³-hybridized carbons (Fsp3) is 0.467. The second-order valence-electron chi connectivity index (χ2n) is 5.39. The van der Waals surface area contributed by atoms with E-state index in [0.29, 0.717) is 0 Å². The highest BCUT2D eigenvalue weighted by atomic mass is 16.6. The fourth-order valence-corrected chi connectivity index (χ4v) is 1.69. The molecule has 1 aromatic rings. The van der Waals surface area contributed by atoms with Crippen LogP contribution in [0.5, 0.6) is 0 Å². The van der Waals surface area contributed by atoms with E-state index in [1.807, 2.05) is 30.3 Å². The lowest BCUT2D eigenvalue weighted by Gasteiger charge is -2.22. The molecule has 1 atom stereocenters. The predicted molar refractivity (Wildman–Crippen MR) is 75.2 cm³/mol. The average Bonchev–Trinajstić information content (AvgIpc) is 2.36. The Kier molecular flexibility index (Phi) is 5.55. The van der Waals surface area contributed by atoms with Crippen molar-refractivity contribution in [2.45, 2.75) is 38.8 Å². The van der Waals surface area contributed by atoms with E-state index < -0.39 is 17.7 Å². The molecule has 1 N–H and O–H groups in total. The number of ether oxygens (including phenoxy) is 2. The van der Waals surface area contributed by atoms with E-state index in [1.165, 1.54) is 7.11 Å². The maximum absolute atomic E-state index is 11.9. The molecule has 0 saturated heterocycles. The topological polar surface area (TPSA) is 64.6 Å². The Morgan fingerprint density at radius 1 is 1.20 bits per heavy atom. The zero-order valence-electron chi connectivity index (χ0n) is 12.3. The molecule has 1 unspecified atom stereocenters. The maximum Gasteiger partial charge on any atom is 0.407 e. The van der Waals surface area contributed by atoms with Gasteiger partial charge in [0.25, 0.3) is 0 Å². The van der Waals surface area contributed by atoms with Crippen LogP contribution in [0.1, 0.15) is 38.8 Å². The number of alkyl carbamates (subject to hydrolysis) is 1. The molecule has 0 aliphatic carbocycles. The second kappa shape index (κ2) is 6.93. The van der Waals surface area contributed by atoms with Crippen LogP contribution in [0.3, 0.4) is 0 Å². The Morgan fingerprint density at radius 3 is 2.30 bits per heavy atom. The van der Waals surface area contributed by atoms with Gasteiger partial charge in [0.2, 0.25) is 0 Å². The third-order valence-corrected chi connectivity index (χ3v) is 2.47. The Bertz CT molecular complexity index is 451. The highest BCUT2D eigenvalue weighted by Crippen LogP contribution is 2.19. The van der Waals surface area contributed by atoms with E-state index in [2.05, 4.69) is 10.1 Å². The molecule has 0 aliphatic rings. The molecule has 0 radical (unpaired) electrons. The first-order valence-electron chi connectivity index (χ1n) is 6.43. The number of nitrogens with one attached hydrogen (secondary N) is 1. The molecular formula is C15H21NO4. The summed E-state index contributed by atoms with van der Waals surface area (Å²) >= 11 is 0. The van der Waals surface area contributed by atoms with Gasteiger partial charge < -0.3 is 14.8 Å². The van der Waals surface area contributed by atoms with Crippen molar-refractivity contribution in [2.24, 2.45) is 0 Å². The summed E-state index contributed by atoms with van der Waals surface area (Å²) < 4.78 is 9.86. The molecular weight excluding hydrogens is 258 g/mol. The van der Waals surface area contributed by atoms with E-state index in [9.17, 15) is 9.59 Å². The fourth-order valence-electron chi connectivity index (χ4n) is 1.69. The lowest BCUT2D eigenvalue weighted by atomic mass is 10.0. The van der Waals surface area contributed by atoms with E-state index >= 15 is 0 Å². The monoisotopic (exact) mass is 279 g/mol. The lowest BCUT2D eigenvalue weighted by Crippen LogP contribution is -2.32. The minimum atomic E-state index is -0.581. The molecule has 0 fully saturated rings. The van der Waals surface area contributed by atoms with Crippen molar-refractivity contribution in [3.63, 3.8) is 0 Å². The molecule has 0 aromatic heterocycles. The van der Waals surface area contributed by atoms with Crippen molar-refractivity contribution < 1.29 is 19.1 Å². The first kappa shape index (κ1) is 16.0. The SMILES string of the molecule is COC(=O)NC(CC(=O)OC(C)(C)C)c1ccccc1. The number of carbonyl (C=O) groups excluding carboxylic acids is 2. The standard InChI is InChI=1S/C15H21NO4/c1-15(2,3)20-13(17)10-12(16-14(18)19-4)11-8-6-5-7-9-11/h5-9,12H,10H2,1-4H3,(H,16,18). The molecule has 1 amide bonds. The highest BCUT2D eigenvalue weighted by Gasteiger charge is 2.23. The van der Waals surface area contributed by atoms with E-state index in [-0.39, 0.29) is 12.4 Å². The summed E-state index contributed by atoms with van der Waals surface area (Å²) in [7, 11) is 1.28. The van der Waals surface area contributed by atoms with Crippen molar-refractivity contribution in [1.29, 1.82) is 0 Å². The summed E-state index contributed by atoms with van der Waals surface area (Å²) in [6.45, 7) is 5.41. The van der Waals surface area contributed by atoms with Gasteiger partial charge in [-0.3, -0.25) is 4.79 Å². The summed E-state index contributed by atoms with van der Waals surface area (Å²) in [6.07, 6.45) is -0.529. The largest absolute Gasteiger partial charge is 0.460 e. The van der Waals surface area contributed by atoms with E-state index in [4.69, 9.17) is 4.74 Å². The number of hydrogen-bond donors (Lipinski definition) is 1. The number of benzene rings is 1. The number of rotatable bonds is 4. The third-order valence-electron chi connectivity index (χ3n) is 2.47. The van der Waals surface area contributed by atoms with Gasteiger partial charge in [0.1, 0.15) is 5.60 Å². The van der Waals surface area contributed by atoms with Crippen LogP contribution in [0.4, 0.5) is 4.79 Å². The van der Waals surface area contributed by atoms with Crippen molar-refractivity contribution in [2.75, 3.05) is 7.11 Å². The van der Waals surface area contributed by atoms with Gasteiger partial charge in [0.05, 0.1) is 19.6 Å². The van der Waals surface area contributed by atoms with Crippen molar-refractivity contribution in [3.05, 3.63) is 35.9 Å². The van der Waals surface area contributed by atoms with Crippen LogP contribution in [0, 0.1) is 0 Å². The molecule has 0 bridgehead atoms. The minimum absolute atomic E-state index is 0.0520. The van der Waals surface area contributed by atoms with Crippen LogP contribution in [-0.2, 0) is 14.3 Å². The Labute approximate surface area is 119 Å². The van der Waals surface area contributed by atoms with Gasteiger partial charge in [0.15, 0.2) is 0 Å². The van der Waals surface area contributed by atoms with E-state index in [0.717, 1.165) is 5.56 Å². The van der Waals surface area contributed by atoms with E-state index in [1.54, 1.807) is 20.8 Å². The van der Waals surface area contributed by atoms with Crippen LogP contribution in [-0.4, -0.2) is 24.8 Å². The van der Waals surface area contributed by atoms with Gasteiger partial charge in [-0.1, -0.05) is 30.3 Å². The molecule has 5 heteroatoms. The molecule has 20 heavy (non-hydrogen) atoms. The maximum atomic E-state index is 11.9. The quantitative estimate of drug-likeness (QED) is 0.861. The minimum Gasteiger partial charge on any atom is -0.460 e. The molecule has 5 nitrogen and oxygen atoms in total. The average molecular weight is 279 g/mol. The van der Waals surface area contributed by atoms with Crippen molar-refractivity contribution in [3.8, 4) is 0 Å². The molecule has 0 heterocycles. The van der Waals surface area contributed by atoms with Crippen LogP contribution >= 0.6 is 0 Å². The molecule has 0 aliphatic heterocycles. The predicted octanol–water partition coefficient (Wildman–Crippen LogP) is 2.82. The zero-order chi connectivity index (χ0) is 15.2. The van der Waals surface area contributed by atoms with Gasteiger partial charge in [0, 0.05) is 0 Å². The number of amides is 1. The Hall–Kier alpha value is -2.04. The molecule has 0 spiro atoms. The second-order valence-corrected chi connectivity index (χ2v) is 5.39. The van der Waals surface area contributed by atoms with Crippen LogP contribution < -0.4 is 5.32 Å². The van der Waals surface area contributed by atoms with Crippen LogP contribution in [0.15, 0.2) is 30.3 Å². The highest BCUT2D eigenvalue weighted by molar-refractivity contribution is 5.73. The van der Waals surface area contributed by atoms with Gasteiger partial charge >= 0.3 is 12.1 Å². The first-order chi connectivity index (χ1) is 9.31. The summed E-state index contributed by atoms with van der Waals surface area (Å²) in [5.41, 5.74) is 0.271. The zero-order valence-corrected chi connectivity index (χ0v) is 12.3. The summed E-state index contributed by atoms with van der Waals surface area (Å²) in [5, 5.41) is 2.64. The van der Waals surface area contributed by atoms with Gasteiger partial charge in [-0.05, 0) is 26.3 Å². The van der Waals surface area contributed by atoms with Crippen molar-refractivity contribution in [1.82, 2.24) is 5.32 Å². The smallest absolute Gasteiger partial charge is 0.407 e. The summed E-state index contributed by atoms with van der Waals surface area (Å²) in [6, 6.07) is 8.76. The number of esters is 1. The molecule has 0 saturated carbocycles. The summed E-state index contributed by atoms with van der Waals surface area (Å²) in [5.74, 6) is -0.372. The molecule has 1 aromatic carbocycles.